The summed E-state index contributed by atoms with van der Waals surface area (Å²) in [7, 11) is 0. The molecule has 4 rings (SSSR count). The van der Waals surface area contributed by atoms with Crippen molar-refractivity contribution < 1.29 is 4.39 Å². The summed E-state index contributed by atoms with van der Waals surface area (Å²) in [4.78, 5) is 13.1. The van der Waals surface area contributed by atoms with Crippen LogP contribution in [0.15, 0.2) is 61.2 Å². The number of aromatic nitrogens is 4. The highest BCUT2D eigenvalue weighted by Crippen LogP contribution is 2.21. The maximum Gasteiger partial charge on any atom is 0.165 e. The fourth-order valence-electron chi connectivity index (χ4n) is 2.89. The van der Waals surface area contributed by atoms with Crippen molar-refractivity contribution in [2.24, 2.45) is 0 Å². The molecule has 2 aromatic heterocycles. The number of rotatable bonds is 6. The molecule has 2 aromatic carbocycles. The molecule has 5 nitrogen and oxygen atoms in total. The quantitative estimate of drug-likeness (QED) is 0.535. The van der Waals surface area contributed by atoms with Crippen LogP contribution in [0.5, 0.6) is 0 Å². The Labute approximate surface area is 160 Å². The summed E-state index contributed by atoms with van der Waals surface area (Å²) in [5.74, 6) is 0.439. The van der Waals surface area contributed by atoms with Gasteiger partial charge in [-0.25, -0.2) is 19.3 Å². The van der Waals surface area contributed by atoms with Crippen molar-refractivity contribution >= 4 is 28.6 Å². The number of aryl methyl sites for hydroxylation is 2. The van der Waals surface area contributed by atoms with Crippen molar-refractivity contribution in [3.8, 4) is 0 Å². The third-order valence-electron chi connectivity index (χ3n) is 4.36. The monoisotopic (exact) mass is 381 g/mol. The minimum atomic E-state index is -0.228. The normalized spacial score (nSPS) is 11.0. The highest BCUT2D eigenvalue weighted by atomic mass is 35.5. The largest absolute Gasteiger partial charge is 0.364 e. The SMILES string of the molecule is Fc1ccc(CCn2cnc3c(NCc4ccccc4Cl)ncnc32)cc1. The molecule has 0 spiro atoms. The van der Waals surface area contributed by atoms with E-state index in [0.717, 1.165) is 23.2 Å². The van der Waals surface area contributed by atoms with Gasteiger partial charge in [0.05, 0.1) is 6.33 Å². The van der Waals surface area contributed by atoms with Crippen LogP contribution in [0.3, 0.4) is 0 Å². The lowest BCUT2D eigenvalue weighted by molar-refractivity contribution is 0.625. The third-order valence-corrected chi connectivity index (χ3v) is 4.73. The van der Waals surface area contributed by atoms with E-state index in [1.807, 2.05) is 28.8 Å². The van der Waals surface area contributed by atoms with Gasteiger partial charge in [-0.15, -0.1) is 0 Å². The molecule has 0 amide bonds. The lowest BCUT2D eigenvalue weighted by Crippen LogP contribution is -2.04. The zero-order valence-corrected chi connectivity index (χ0v) is 15.2. The second-order valence-electron chi connectivity index (χ2n) is 6.15. The molecule has 0 saturated carbocycles. The zero-order valence-electron chi connectivity index (χ0n) is 14.4. The van der Waals surface area contributed by atoms with Crippen LogP contribution in [-0.4, -0.2) is 19.5 Å². The van der Waals surface area contributed by atoms with Gasteiger partial charge < -0.3 is 9.88 Å². The molecular weight excluding hydrogens is 365 g/mol. The second-order valence-corrected chi connectivity index (χ2v) is 6.56. The zero-order chi connectivity index (χ0) is 18.6. The topological polar surface area (TPSA) is 55.6 Å². The Hall–Kier alpha value is -2.99. The minimum Gasteiger partial charge on any atom is -0.364 e. The van der Waals surface area contributed by atoms with E-state index in [1.165, 1.54) is 18.5 Å². The number of benzene rings is 2. The number of nitrogens with one attached hydrogen (secondary N) is 1. The Morgan fingerprint density at radius 3 is 2.63 bits per heavy atom. The van der Waals surface area contributed by atoms with Gasteiger partial charge in [-0.05, 0) is 35.7 Å². The van der Waals surface area contributed by atoms with Gasteiger partial charge in [0.25, 0.3) is 0 Å². The smallest absolute Gasteiger partial charge is 0.165 e. The third kappa shape index (κ3) is 3.90. The molecule has 7 heteroatoms. The summed E-state index contributed by atoms with van der Waals surface area (Å²) in [6, 6.07) is 14.2. The predicted octanol–water partition coefficient (Wildman–Crippen LogP) is 4.47. The predicted molar refractivity (Wildman–Crippen MR) is 104 cm³/mol. The van der Waals surface area contributed by atoms with Crippen LogP contribution >= 0.6 is 11.6 Å². The number of nitrogens with zero attached hydrogens (tertiary/aromatic N) is 4. The van der Waals surface area contributed by atoms with E-state index in [1.54, 1.807) is 18.5 Å². The van der Waals surface area contributed by atoms with E-state index in [4.69, 9.17) is 11.6 Å². The molecule has 0 unspecified atom stereocenters. The molecule has 0 atom stereocenters. The van der Waals surface area contributed by atoms with Gasteiger partial charge in [0.15, 0.2) is 11.5 Å². The van der Waals surface area contributed by atoms with Crippen molar-refractivity contribution in [1.82, 2.24) is 19.5 Å². The molecule has 0 bridgehead atoms. The van der Waals surface area contributed by atoms with Crippen LogP contribution in [0, 0.1) is 5.82 Å². The summed E-state index contributed by atoms with van der Waals surface area (Å²) in [6.07, 6.45) is 4.04. The number of fused-ring (bicyclic) bond motifs is 1. The molecule has 0 aliphatic rings. The van der Waals surface area contributed by atoms with Crippen LogP contribution in [0.1, 0.15) is 11.1 Å². The summed E-state index contributed by atoms with van der Waals surface area (Å²) in [5, 5.41) is 3.99. The highest BCUT2D eigenvalue weighted by molar-refractivity contribution is 6.31. The number of anilines is 1. The van der Waals surface area contributed by atoms with Crippen LogP contribution in [0.25, 0.3) is 11.2 Å². The number of halogens is 2. The van der Waals surface area contributed by atoms with Crippen molar-refractivity contribution in [3.05, 3.63) is 83.2 Å². The Balaban J connectivity index is 1.51. The average Bonchev–Trinajstić information content (AvgIpc) is 3.11. The van der Waals surface area contributed by atoms with Crippen molar-refractivity contribution in [2.75, 3.05) is 5.32 Å². The molecule has 0 aliphatic heterocycles. The lowest BCUT2D eigenvalue weighted by Gasteiger charge is -2.08. The first kappa shape index (κ1) is 17.4. The van der Waals surface area contributed by atoms with Gasteiger partial charge in [-0.3, -0.25) is 0 Å². The molecule has 0 radical (unpaired) electrons. The van der Waals surface area contributed by atoms with E-state index in [0.29, 0.717) is 29.4 Å². The van der Waals surface area contributed by atoms with Crippen LogP contribution in [-0.2, 0) is 19.5 Å². The van der Waals surface area contributed by atoms with Gasteiger partial charge in [0.1, 0.15) is 17.7 Å². The average molecular weight is 382 g/mol. The van der Waals surface area contributed by atoms with Gasteiger partial charge in [-0.1, -0.05) is 41.9 Å². The summed E-state index contributed by atoms with van der Waals surface area (Å²) >= 11 is 6.21. The molecular formula is C20H17ClFN5. The lowest BCUT2D eigenvalue weighted by atomic mass is 10.1. The van der Waals surface area contributed by atoms with Gasteiger partial charge in [0, 0.05) is 18.1 Å². The summed E-state index contributed by atoms with van der Waals surface area (Å²) < 4.78 is 15.0. The molecule has 136 valence electrons. The first-order valence-corrected chi connectivity index (χ1v) is 8.96. The Bertz CT molecular complexity index is 1060. The molecule has 0 fully saturated rings. The molecule has 0 aliphatic carbocycles. The fourth-order valence-corrected chi connectivity index (χ4v) is 3.10. The minimum absolute atomic E-state index is 0.228. The molecule has 4 aromatic rings. The van der Waals surface area contributed by atoms with E-state index in [2.05, 4.69) is 20.3 Å². The standard InChI is InChI=1S/C20H17ClFN5/c21-17-4-2-1-3-15(17)11-23-19-18-20(25-12-24-19)27(13-26-18)10-9-14-5-7-16(22)8-6-14/h1-8,12-13H,9-11H2,(H,23,24,25). The molecule has 0 saturated heterocycles. The molecule has 2 heterocycles. The summed E-state index contributed by atoms with van der Waals surface area (Å²) in [5.41, 5.74) is 3.52. The van der Waals surface area contributed by atoms with Crippen molar-refractivity contribution in [1.29, 1.82) is 0 Å². The van der Waals surface area contributed by atoms with E-state index >= 15 is 0 Å². The van der Waals surface area contributed by atoms with Gasteiger partial charge >= 0.3 is 0 Å². The number of imidazole rings is 1. The Morgan fingerprint density at radius 1 is 1.00 bits per heavy atom. The molecule has 1 N–H and O–H groups in total. The van der Waals surface area contributed by atoms with E-state index in [-0.39, 0.29) is 5.82 Å². The van der Waals surface area contributed by atoms with Gasteiger partial charge in [-0.2, -0.15) is 0 Å². The van der Waals surface area contributed by atoms with E-state index < -0.39 is 0 Å². The number of hydrogen-bond donors (Lipinski definition) is 1. The van der Waals surface area contributed by atoms with Crippen molar-refractivity contribution in [2.45, 2.75) is 19.5 Å². The van der Waals surface area contributed by atoms with Crippen LogP contribution in [0.2, 0.25) is 5.02 Å². The second kappa shape index (κ2) is 7.72. The van der Waals surface area contributed by atoms with Crippen LogP contribution in [0.4, 0.5) is 10.2 Å². The molecule has 27 heavy (non-hydrogen) atoms. The summed E-state index contributed by atoms with van der Waals surface area (Å²) in [6.45, 7) is 1.25. The Morgan fingerprint density at radius 2 is 1.81 bits per heavy atom. The fraction of sp³-hybridized carbons (Fsp3) is 0.150. The maximum absolute atomic E-state index is 13.0. The van der Waals surface area contributed by atoms with Crippen molar-refractivity contribution in [3.63, 3.8) is 0 Å². The van der Waals surface area contributed by atoms with Gasteiger partial charge in [0.2, 0.25) is 0 Å². The first-order valence-electron chi connectivity index (χ1n) is 8.58. The van der Waals surface area contributed by atoms with Crippen LogP contribution < -0.4 is 5.32 Å². The first-order chi connectivity index (χ1) is 13.2. The number of hydrogen-bond acceptors (Lipinski definition) is 4. The maximum atomic E-state index is 13.0. The Kier molecular flexibility index (Phi) is 4.98. The highest BCUT2D eigenvalue weighted by Gasteiger charge is 2.10. The van der Waals surface area contributed by atoms with E-state index in [9.17, 15) is 4.39 Å².